The molecule has 0 aliphatic rings. The molecule has 0 aliphatic heterocycles. The number of hydrogen-bond acceptors (Lipinski definition) is 4. The van der Waals surface area contributed by atoms with Crippen LogP contribution in [-0.2, 0) is 13.2 Å². The molecule has 0 saturated heterocycles. The van der Waals surface area contributed by atoms with Gasteiger partial charge in [-0.2, -0.15) is 0 Å². The minimum Gasteiger partial charge on any atom is -0.506 e. The molecule has 0 radical (unpaired) electrons. The van der Waals surface area contributed by atoms with Gasteiger partial charge in [0.05, 0.1) is 12.3 Å². The second kappa shape index (κ2) is 6.31. The van der Waals surface area contributed by atoms with E-state index < -0.39 is 0 Å². The number of aliphatic hydroxyl groups is 1. The highest BCUT2D eigenvalue weighted by atomic mass is 35.5. The van der Waals surface area contributed by atoms with E-state index in [1.54, 1.807) is 31.3 Å². The van der Waals surface area contributed by atoms with Gasteiger partial charge in [-0.1, -0.05) is 23.2 Å². The van der Waals surface area contributed by atoms with Gasteiger partial charge in [0.15, 0.2) is 0 Å². The van der Waals surface area contributed by atoms with Crippen molar-refractivity contribution in [1.29, 1.82) is 0 Å². The van der Waals surface area contributed by atoms with Gasteiger partial charge in [-0.25, -0.2) is 0 Å². The maximum Gasteiger partial charge on any atom is 0.142 e. The zero-order chi connectivity index (χ0) is 14.7. The lowest BCUT2D eigenvalue weighted by atomic mass is 10.1. The summed E-state index contributed by atoms with van der Waals surface area (Å²) in [5.74, 6) is 0.0807. The van der Waals surface area contributed by atoms with Gasteiger partial charge in [-0.15, -0.1) is 0 Å². The lowest BCUT2D eigenvalue weighted by Gasteiger charge is -2.13. The number of hydrogen-bond donors (Lipinski definition) is 3. The van der Waals surface area contributed by atoms with Crippen molar-refractivity contribution in [2.24, 2.45) is 0 Å². The second-order valence-corrected chi connectivity index (χ2v) is 5.24. The van der Waals surface area contributed by atoms with Crippen LogP contribution in [0.2, 0.25) is 10.0 Å². The smallest absolute Gasteiger partial charge is 0.142 e. The van der Waals surface area contributed by atoms with Crippen molar-refractivity contribution in [3.63, 3.8) is 0 Å². The van der Waals surface area contributed by atoms with Crippen molar-refractivity contribution in [3.05, 3.63) is 51.3 Å². The number of rotatable bonds is 4. The quantitative estimate of drug-likeness (QED) is 0.808. The molecule has 0 atom stereocenters. The summed E-state index contributed by atoms with van der Waals surface area (Å²) in [6, 6.07) is 5.11. The van der Waals surface area contributed by atoms with E-state index in [2.05, 4.69) is 10.3 Å². The first-order chi connectivity index (χ1) is 9.51. The summed E-state index contributed by atoms with van der Waals surface area (Å²) in [5.41, 5.74) is 2.44. The minimum atomic E-state index is -0.186. The van der Waals surface area contributed by atoms with E-state index in [1.807, 2.05) is 0 Å². The number of aryl methyl sites for hydroxylation is 1. The largest absolute Gasteiger partial charge is 0.506 e. The molecular weight excluding hydrogens is 299 g/mol. The third-order valence-corrected chi connectivity index (χ3v) is 3.37. The Hall–Kier alpha value is -1.49. The Bertz CT molecular complexity index is 613. The van der Waals surface area contributed by atoms with Crippen LogP contribution < -0.4 is 5.32 Å². The number of anilines is 1. The van der Waals surface area contributed by atoms with E-state index in [4.69, 9.17) is 23.2 Å². The van der Waals surface area contributed by atoms with Gasteiger partial charge in [0.2, 0.25) is 0 Å². The molecule has 2 rings (SSSR count). The molecule has 1 heterocycles. The van der Waals surface area contributed by atoms with E-state index in [0.717, 1.165) is 5.69 Å². The first kappa shape index (κ1) is 14.9. The summed E-state index contributed by atoms with van der Waals surface area (Å²) in [5, 5.41) is 23.5. The van der Waals surface area contributed by atoms with Crippen LogP contribution in [0.15, 0.2) is 24.4 Å². The van der Waals surface area contributed by atoms with Gasteiger partial charge in [-0.3, -0.25) is 4.98 Å². The topological polar surface area (TPSA) is 65.4 Å². The van der Waals surface area contributed by atoms with Crippen LogP contribution >= 0.6 is 23.2 Å². The molecule has 0 spiro atoms. The fourth-order valence-corrected chi connectivity index (χ4v) is 2.39. The van der Waals surface area contributed by atoms with Crippen molar-refractivity contribution in [3.8, 4) is 5.75 Å². The number of aromatic hydroxyl groups is 1. The summed E-state index contributed by atoms with van der Waals surface area (Å²) in [4.78, 5) is 4.01. The first-order valence-electron chi connectivity index (χ1n) is 5.98. The summed E-state index contributed by atoms with van der Waals surface area (Å²) in [6.45, 7) is 1.85. The van der Waals surface area contributed by atoms with Gasteiger partial charge in [0.25, 0.3) is 0 Å². The van der Waals surface area contributed by atoms with Gasteiger partial charge < -0.3 is 15.5 Å². The summed E-state index contributed by atoms with van der Waals surface area (Å²) in [6.07, 6.45) is 1.55. The molecule has 2 aromatic rings. The summed E-state index contributed by atoms with van der Waals surface area (Å²) in [7, 11) is 0. The van der Waals surface area contributed by atoms with Gasteiger partial charge in [0.1, 0.15) is 5.75 Å². The van der Waals surface area contributed by atoms with Crippen molar-refractivity contribution >= 4 is 28.9 Å². The summed E-state index contributed by atoms with van der Waals surface area (Å²) >= 11 is 11.8. The normalized spacial score (nSPS) is 10.6. The molecule has 0 amide bonds. The molecule has 1 aromatic heterocycles. The zero-order valence-electron chi connectivity index (χ0n) is 10.8. The monoisotopic (exact) mass is 312 g/mol. The number of aromatic nitrogens is 1. The molecule has 1 aromatic carbocycles. The zero-order valence-corrected chi connectivity index (χ0v) is 12.3. The van der Waals surface area contributed by atoms with Crippen LogP contribution in [0.25, 0.3) is 0 Å². The predicted octanol–water partition coefficient (Wildman–Crippen LogP) is 3.51. The fourth-order valence-electron chi connectivity index (χ4n) is 1.86. The standard InChI is InChI=1S/C14H14Cl2N2O2/c1-8-14(20)13(9(7-19)5-17-8)6-18-12-3-10(15)2-11(16)4-12/h2-5,18-20H,6-7H2,1H3. The van der Waals surface area contributed by atoms with Gasteiger partial charge in [0, 0.05) is 39.6 Å². The van der Waals surface area contributed by atoms with Crippen LogP contribution in [0.3, 0.4) is 0 Å². The molecule has 0 unspecified atom stereocenters. The molecule has 20 heavy (non-hydrogen) atoms. The third-order valence-electron chi connectivity index (χ3n) is 2.93. The fraction of sp³-hybridized carbons (Fsp3) is 0.214. The van der Waals surface area contributed by atoms with Crippen molar-refractivity contribution in [2.75, 3.05) is 5.32 Å². The van der Waals surface area contributed by atoms with E-state index in [-0.39, 0.29) is 12.4 Å². The average molecular weight is 313 g/mol. The number of pyridine rings is 1. The maximum atomic E-state index is 10.0. The first-order valence-corrected chi connectivity index (χ1v) is 6.74. The van der Waals surface area contributed by atoms with Crippen LogP contribution in [0, 0.1) is 6.92 Å². The molecule has 0 bridgehead atoms. The predicted molar refractivity (Wildman–Crippen MR) is 80.4 cm³/mol. The van der Waals surface area contributed by atoms with Crippen LogP contribution in [0.1, 0.15) is 16.8 Å². The minimum absolute atomic E-state index is 0.0807. The van der Waals surface area contributed by atoms with E-state index in [9.17, 15) is 10.2 Å². The highest BCUT2D eigenvalue weighted by molar-refractivity contribution is 6.35. The number of halogens is 2. The molecular formula is C14H14Cl2N2O2. The molecule has 3 N–H and O–H groups in total. The lowest BCUT2D eigenvalue weighted by Crippen LogP contribution is -2.05. The molecule has 106 valence electrons. The van der Waals surface area contributed by atoms with Crippen LogP contribution in [0.4, 0.5) is 5.69 Å². The van der Waals surface area contributed by atoms with E-state index in [1.165, 1.54) is 0 Å². The Kier molecular flexibility index (Phi) is 4.70. The Balaban J connectivity index is 2.24. The van der Waals surface area contributed by atoms with Crippen molar-refractivity contribution < 1.29 is 10.2 Å². The number of nitrogens with one attached hydrogen (secondary N) is 1. The summed E-state index contributed by atoms with van der Waals surface area (Å²) < 4.78 is 0. The average Bonchev–Trinajstić information content (AvgIpc) is 2.39. The number of benzene rings is 1. The van der Waals surface area contributed by atoms with Gasteiger partial charge >= 0.3 is 0 Å². The lowest BCUT2D eigenvalue weighted by molar-refractivity contribution is 0.279. The molecule has 0 aliphatic carbocycles. The number of aliphatic hydroxyl groups excluding tert-OH is 1. The van der Waals surface area contributed by atoms with Crippen LogP contribution in [-0.4, -0.2) is 15.2 Å². The molecule has 0 fully saturated rings. The Morgan fingerprint density at radius 1 is 1.20 bits per heavy atom. The Morgan fingerprint density at radius 3 is 2.45 bits per heavy atom. The van der Waals surface area contributed by atoms with Crippen molar-refractivity contribution in [1.82, 2.24) is 4.98 Å². The number of nitrogens with zero attached hydrogens (tertiary/aromatic N) is 1. The van der Waals surface area contributed by atoms with E-state index >= 15 is 0 Å². The third kappa shape index (κ3) is 3.33. The van der Waals surface area contributed by atoms with Crippen LogP contribution in [0.5, 0.6) is 5.75 Å². The highest BCUT2D eigenvalue weighted by Crippen LogP contribution is 2.27. The van der Waals surface area contributed by atoms with E-state index in [0.29, 0.717) is 33.4 Å². The maximum absolute atomic E-state index is 10.0. The van der Waals surface area contributed by atoms with Crippen molar-refractivity contribution in [2.45, 2.75) is 20.1 Å². The van der Waals surface area contributed by atoms with Gasteiger partial charge in [-0.05, 0) is 25.1 Å². The molecule has 4 nitrogen and oxygen atoms in total. The Labute approximate surface area is 127 Å². The SMILES string of the molecule is Cc1ncc(CO)c(CNc2cc(Cl)cc(Cl)c2)c1O. The molecule has 0 saturated carbocycles. The Morgan fingerprint density at radius 2 is 1.85 bits per heavy atom. The molecule has 6 heteroatoms. The second-order valence-electron chi connectivity index (χ2n) is 4.37. The highest BCUT2D eigenvalue weighted by Gasteiger charge is 2.11.